The van der Waals surface area contributed by atoms with Crippen LogP contribution in [0.2, 0.25) is 0 Å². The Kier molecular flexibility index (Phi) is 2.76. The molecule has 2 heterocycles. The molecule has 0 bridgehead atoms. The van der Waals surface area contributed by atoms with Gasteiger partial charge in [0.05, 0.1) is 16.6 Å². The van der Waals surface area contributed by atoms with Crippen LogP contribution in [0.25, 0.3) is 16.8 Å². The molecule has 2 aromatic rings. The molecule has 0 aliphatic carbocycles. The Labute approximate surface area is 93.7 Å². The molecule has 3 N–H and O–H groups in total. The second-order valence-electron chi connectivity index (χ2n) is 2.45. The zero-order valence-corrected chi connectivity index (χ0v) is 10.0. The van der Waals surface area contributed by atoms with Gasteiger partial charge in [-0.3, -0.25) is 4.79 Å². The molecule has 0 fully saturated rings. The van der Waals surface area contributed by atoms with Crippen LogP contribution in [0, 0.1) is 11.3 Å². The van der Waals surface area contributed by atoms with Crippen molar-refractivity contribution in [1.82, 2.24) is 15.0 Å². The molecule has 0 amide bonds. The zero-order valence-electron chi connectivity index (χ0n) is 6.83. The maximum atomic E-state index is 11.3. The quantitative estimate of drug-likeness (QED) is 0.730. The SMILES string of the molecule is N#Cc1c[nH]c2nc([NH-])[nH]c(=O)c12.[Ta]. The van der Waals surface area contributed by atoms with Gasteiger partial charge in [0.2, 0.25) is 5.56 Å². The Hall–Kier alpha value is -1.55. The van der Waals surface area contributed by atoms with Gasteiger partial charge in [-0.1, -0.05) is 0 Å². The van der Waals surface area contributed by atoms with E-state index in [2.05, 4.69) is 15.0 Å². The molecule has 0 aromatic carbocycles. The average Bonchev–Trinajstić information content (AvgIpc) is 2.47. The van der Waals surface area contributed by atoms with Gasteiger partial charge in [-0.15, -0.1) is 0 Å². The third-order valence-corrected chi connectivity index (χ3v) is 1.66. The van der Waals surface area contributed by atoms with Crippen LogP contribution in [0.4, 0.5) is 5.95 Å². The normalized spacial score (nSPS) is 9.36. The largest absolute Gasteiger partial charge is 0.411 e. The molecule has 0 atom stereocenters. The van der Waals surface area contributed by atoms with Crippen LogP contribution in [0.3, 0.4) is 0 Å². The number of fused-ring (bicyclic) bond motifs is 1. The maximum Gasteiger partial charge on any atom is 0.205 e. The number of aromatic nitrogens is 3. The summed E-state index contributed by atoms with van der Waals surface area (Å²) in [7, 11) is 0. The Morgan fingerprint density at radius 2 is 2.29 bits per heavy atom. The molecule has 0 saturated heterocycles. The summed E-state index contributed by atoms with van der Waals surface area (Å²) >= 11 is 0. The number of hydrogen-bond acceptors (Lipinski definition) is 3. The topological polar surface area (TPSA) is 109 Å². The molecular weight excluding hydrogens is 351 g/mol. The van der Waals surface area contributed by atoms with E-state index in [1.54, 1.807) is 0 Å². The van der Waals surface area contributed by atoms with Crippen LogP contribution < -0.4 is 5.56 Å². The molecular formula is C7H4N5OTa-. The minimum atomic E-state index is -0.465. The van der Waals surface area contributed by atoms with E-state index < -0.39 is 5.56 Å². The second-order valence-corrected chi connectivity index (χ2v) is 2.45. The summed E-state index contributed by atoms with van der Waals surface area (Å²) in [6.07, 6.45) is 1.40. The van der Waals surface area contributed by atoms with Crippen molar-refractivity contribution in [3.8, 4) is 6.07 Å². The number of rotatable bonds is 0. The standard InChI is InChI=1S/C7H5N5O.Ta/c8-1-3-2-10-5-4(3)6(13)12-7(9)11-5;/h2H,(H4,9,10,11,12,13);/p-1. The predicted molar refractivity (Wildman–Crippen MR) is 45.4 cm³/mol. The Morgan fingerprint density at radius 3 is 2.93 bits per heavy atom. The van der Waals surface area contributed by atoms with Gasteiger partial charge in [0.25, 0.3) is 0 Å². The van der Waals surface area contributed by atoms with Gasteiger partial charge in [0.1, 0.15) is 6.07 Å². The minimum Gasteiger partial charge on any atom is -0.411 e. The number of H-pyrrole nitrogens is 2. The summed E-state index contributed by atoms with van der Waals surface area (Å²) in [4.78, 5) is 19.8. The van der Waals surface area contributed by atoms with E-state index in [0.717, 1.165) is 0 Å². The van der Waals surface area contributed by atoms with E-state index in [4.69, 9.17) is 11.0 Å². The average molecular weight is 355 g/mol. The van der Waals surface area contributed by atoms with Gasteiger partial charge in [0.15, 0.2) is 0 Å². The van der Waals surface area contributed by atoms with E-state index in [9.17, 15) is 4.79 Å². The molecule has 0 spiro atoms. The van der Waals surface area contributed by atoms with Crippen molar-refractivity contribution >= 4 is 17.0 Å². The molecule has 0 aliphatic heterocycles. The fraction of sp³-hybridized carbons (Fsp3) is 0. The van der Waals surface area contributed by atoms with E-state index in [1.165, 1.54) is 6.20 Å². The number of nitrogens with one attached hydrogen (secondary N) is 3. The van der Waals surface area contributed by atoms with Crippen molar-refractivity contribution in [1.29, 1.82) is 5.26 Å². The van der Waals surface area contributed by atoms with Crippen LogP contribution in [-0.2, 0) is 22.4 Å². The van der Waals surface area contributed by atoms with Crippen molar-refractivity contribution in [3.05, 3.63) is 27.8 Å². The van der Waals surface area contributed by atoms with Crippen LogP contribution in [0.1, 0.15) is 5.56 Å². The molecule has 14 heavy (non-hydrogen) atoms. The van der Waals surface area contributed by atoms with E-state index in [1.807, 2.05) is 6.07 Å². The Bertz CT molecular complexity index is 563. The predicted octanol–water partition coefficient (Wildman–Crippen LogP) is 0.804. The van der Waals surface area contributed by atoms with Gasteiger partial charge in [-0.25, -0.2) is 0 Å². The fourth-order valence-corrected chi connectivity index (χ4v) is 1.13. The number of nitrogens with zero attached hydrogens (tertiary/aromatic N) is 2. The van der Waals surface area contributed by atoms with E-state index >= 15 is 0 Å². The first-order valence-corrected chi connectivity index (χ1v) is 3.45. The van der Waals surface area contributed by atoms with Crippen molar-refractivity contribution in [2.45, 2.75) is 0 Å². The number of nitriles is 1. The Balaban J connectivity index is 0.000000980. The van der Waals surface area contributed by atoms with Gasteiger partial charge in [-0.2, -0.15) is 5.26 Å². The van der Waals surface area contributed by atoms with Crippen molar-refractivity contribution in [2.24, 2.45) is 0 Å². The summed E-state index contributed by atoms with van der Waals surface area (Å²) in [6, 6.07) is 1.86. The van der Waals surface area contributed by atoms with Gasteiger partial charge in [0, 0.05) is 34.5 Å². The molecule has 7 heteroatoms. The first-order chi connectivity index (χ1) is 6.22. The molecule has 6 nitrogen and oxygen atoms in total. The second kappa shape index (κ2) is 3.67. The smallest absolute Gasteiger partial charge is 0.205 e. The van der Waals surface area contributed by atoms with Crippen LogP contribution in [0.5, 0.6) is 0 Å². The van der Waals surface area contributed by atoms with Crippen LogP contribution in [-0.4, -0.2) is 15.0 Å². The summed E-state index contributed by atoms with van der Waals surface area (Å²) in [6.45, 7) is 0. The fourth-order valence-electron chi connectivity index (χ4n) is 1.13. The molecule has 2 aromatic heterocycles. The third-order valence-electron chi connectivity index (χ3n) is 1.66. The summed E-state index contributed by atoms with van der Waals surface area (Å²) in [5, 5.41) is 8.83. The number of aromatic amines is 2. The van der Waals surface area contributed by atoms with Gasteiger partial charge in [-0.05, 0) is 0 Å². The first-order valence-electron chi connectivity index (χ1n) is 3.45. The van der Waals surface area contributed by atoms with Crippen molar-refractivity contribution < 1.29 is 22.4 Å². The third kappa shape index (κ3) is 1.44. The summed E-state index contributed by atoms with van der Waals surface area (Å²) < 4.78 is 0. The van der Waals surface area contributed by atoms with E-state index in [-0.39, 0.29) is 44.9 Å². The van der Waals surface area contributed by atoms with Gasteiger partial charge < -0.3 is 20.7 Å². The zero-order chi connectivity index (χ0) is 9.42. The maximum absolute atomic E-state index is 11.3. The summed E-state index contributed by atoms with van der Waals surface area (Å²) in [5.74, 6) is -0.219. The van der Waals surface area contributed by atoms with Crippen molar-refractivity contribution in [3.63, 3.8) is 0 Å². The molecule has 0 aliphatic rings. The van der Waals surface area contributed by atoms with Crippen molar-refractivity contribution in [2.75, 3.05) is 0 Å². The molecule has 0 saturated carbocycles. The molecule has 2 rings (SSSR count). The molecule has 1 radical (unpaired) electrons. The van der Waals surface area contributed by atoms with Crippen LogP contribution in [0.15, 0.2) is 11.0 Å². The first kappa shape index (κ1) is 10.5. The minimum absolute atomic E-state index is 0. The molecule has 0 unspecified atom stereocenters. The van der Waals surface area contributed by atoms with Gasteiger partial charge >= 0.3 is 0 Å². The Morgan fingerprint density at radius 1 is 1.57 bits per heavy atom. The monoisotopic (exact) mass is 355 g/mol. The molecule has 69 valence electrons. The van der Waals surface area contributed by atoms with Crippen LogP contribution >= 0.6 is 0 Å². The summed E-state index contributed by atoms with van der Waals surface area (Å²) in [5.41, 5.74) is 7.16. The van der Waals surface area contributed by atoms with E-state index in [0.29, 0.717) is 0 Å². The number of hydrogen-bond donors (Lipinski definition) is 2.